The van der Waals surface area contributed by atoms with Gasteiger partial charge in [-0.2, -0.15) is 0 Å². The highest BCUT2D eigenvalue weighted by Crippen LogP contribution is 2.23. The van der Waals surface area contributed by atoms with E-state index in [-0.39, 0.29) is 12.1 Å². The summed E-state index contributed by atoms with van der Waals surface area (Å²) in [6, 6.07) is 0.247. The van der Waals surface area contributed by atoms with Gasteiger partial charge >= 0.3 is 6.09 Å². The number of carbonyl (C=O) groups excluding carboxylic acids is 1. The molecule has 0 spiro atoms. The summed E-state index contributed by atoms with van der Waals surface area (Å²) in [5, 5.41) is 8.37. The molecule has 1 amide bonds. The van der Waals surface area contributed by atoms with Gasteiger partial charge in [-0.3, -0.25) is 0 Å². The maximum absolute atomic E-state index is 11.7. The predicted molar refractivity (Wildman–Crippen MR) is 77.9 cm³/mol. The third kappa shape index (κ3) is 3.05. The van der Waals surface area contributed by atoms with Gasteiger partial charge in [0, 0.05) is 31.0 Å². The number of piperidine rings is 1. The van der Waals surface area contributed by atoms with Crippen molar-refractivity contribution in [2.75, 3.05) is 19.7 Å². The van der Waals surface area contributed by atoms with Crippen molar-refractivity contribution in [3.8, 4) is 11.3 Å². The lowest BCUT2D eigenvalue weighted by Crippen LogP contribution is -2.39. The molecule has 116 valence electrons. The summed E-state index contributed by atoms with van der Waals surface area (Å²) in [6.07, 6.45) is 8.26. The van der Waals surface area contributed by atoms with Crippen LogP contribution in [-0.4, -0.2) is 55.7 Å². The van der Waals surface area contributed by atoms with E-state index in [0.29, 0.717) is 19.7 Å². The molecule has 0 radical (unpaired) electrons. The molecule has 0 atom stereocenters. The van der Waals surface area contributed by atoms with E-state index in [2.05, 4.69) is 20.3 Å². The number of nitrogens with zero attached hydrogens (tertiary/aromatic N) is 6. The molecule has 8 heteroatoms. The summed E-state index contributed by atoms with van der Waals surface area (Å²) in [5.41, 5.74) is 1.60. The first-order chi connectivity index (χ1) is 10.8. The van der Waals surface area contributed by atoms with E-state index in [9.17, 15) is 4.79 Å². The normalized spacial score (nSPS) is 15.8. The lowest BCUT2D eigenvalue weighted by molar-refractivity contribution is 0.0914. The van der Waals surface area contributed by atoms with Gasteiger partial charge in [-0.25, -0.2) is 19.4 Å². The number of carbonyl (C=O) groups is 1. The molecule has 1 fully saturated rings. The molecule has 2 aromatic rings. The number of likely N-dealkylation sites (tertiary alicyclic amines) is 1. The molecule has 1 aliphatic rings. The van der Waals surface area contributed by atoms with Gasteiger partial charge in [-0.15, -0.1) is 5.10 Å². The molecule has 3 heterocycles. The average molecular weight is 302 g/mol. The molecule has 3 rings (SSSR count). The van der Waals surface area contributed by atoms with Crippen LogP contribution in [0.2, 0.25) is 0 Å². The van der Waals surface area contributed by atoms with Crippen LogP contribution in [0.15, 0.2) is 24.9 Å². The Morgan fingerprint density at radius 3 is 2.73 bits per heavy atom. The zero-order chi connectivity index (χ0) is 15.4. The number of hydrogen-bond donors (Lipinski definition) is 0. The van der Waals surface area contributed by atoms with Crippen molar-refractivity contribution < 1.29 is 9.53 Å². The monoisotopic (exact) mass is 302 g/mol. The van der Waals surface area contributed by atoms with Crippen molar-refractivity contribution in [3.63, 3.8) is 0 Å². The molecule has 2 aromatic heterocycles. The fourth-order valence-corrected chi connectivity index (χ4v) is 2.55. The lowest BCUT2D eigenvalue weighted by Gasteiger charge is -2.30. The molecule has 1 aliphatic heterocycles. The summed E-state index contributed by atoms with van der Waals surface area (Å²) in [5.74, 6) is 0. The van der Waals surface area contributed by atoms with Gasteiger partial charge < -0.3 is 9.64 Å². The number of aromatic nitrogens is 5. The largest absolute Gasteiger partial charge is 0.450 e. The van der Waals surface area contributed by atoms with Crippen molar-refractivity contribution >= 4 is 6.09 Å². The third-order valence-corrected chi connectivity index (χ3v) is 3.73. The van der Waals surface area contributed by atoms with E-state index in [1.54, 1.807) is 17.3 Å². The SMILES string of the molecule is CCOC(=O)N1CCC(n2cc(-c3cncnc3)nn2)CC1. The Hall–Kier alpha value is -2.51. The number of rotatable bonds is 3. The second-order valence-electron chi connectivity index (χ2n) is 5.13. The Bertz CT molecular complexity index is 621. The van der Waals surface area contributed by atoms with Crippen LogP contribution in [0.5, 0.6) is 0 Å². The molecular formula is C14H18N6O2. The van der Waals surface area contributed by atoms with Crippen molar-refractivity contribution in [3.05, 3.63) is 24.9 Å². The van der Waals surface area contributed by atoms with Gasteiger partial charge in [-0.05, 0) is 19.8 Å². The molecule has 22 heavy (non-hydrogen) atoms. The Kier molecular flexibility index (Phi) is 4.27. The highest BCUT2D eigenvalue weighted by molar-refractivity contribution is 5.67. The van der Waals surface area contributed by atoms with Gasteiger partial charge in [0.1, 0.15) is 12.0 Å². The van der Waals surface area contributed by atoms with E-state index in [1.165, 1.54) is 6.33 Å². The standard InChI is InChI=1S/C14H18N6O2/c1-2-22-14(21)19-5-3-12(4-6-19)20-9-13(17-18-20)11-7-15-10-16-8-11/h7-10,12H,2-6H2,1H3. The Labute approximate surface area is 128 Å². The summed E-state index contributed by atoms with van der Waals surface area (Å²) >= 11 is 0. The second kappa shape index (κ2) is 6.50. The van der Waals surface area contributed by atoms with Crippen LogP contribution in [0.4, 0.5) is 4.79 Å². The number of hydrogen-bond acceptors (Lipinski definition) is 6. The maximum atomic E-state index is 11.7. The van der Waals surface area contributed by atoms with Crippen LogP contribution in [0.25, 0.3) is 11.3 Å². The van der Waals surface area contributed by atoms with Gasteiger partial charge in [-0.1, -0.05) is 5.21 Å². The van der Waals surface area contributed by atoms with Gasteiger partial charge in [0.2, 0.25) is 0 Å². The fraction of sp³-hybridized carbons (Fsp3) is 0.500. The van der Waals surface area contributed by atoms with Crippen LogP contribution in [0.1, 0.15) is 25.8 Å². The summed E-state index contributed by atoms with van der Waals surface area (Å²) in [4.78, 5) is 21.4. The molecule has 0 unspecified atom stereocenters. The van der Waals surface area contributed by atoms with E-state index in [4.69, 9.17) is 4.74 Å². The topological polar surface area (TPSA) is 86.0 Å². The van der Waals surface area contributed by atoms with E-state index < -0.39 is 0 Å². The van der Waals surface area contributed by atoms with Crippen molar-refractivity contribution in [1.82, 2.24) is 29.9 Å². The molecule has 0 saturated carbocycles. The molecular weight excluding hydrogens is 284 g/mol. The van der Waals surface area contributed by atoms with E-state index in [0.717, 1.165) is 24.1 Å². The number of amides is 1. The summed E-state index contributed by atoms with van der Waals surface area (Å²) in [7, 11) is 0. The lowest BCUT2D eigenvalue weighted by atomic mass is 10.1. The molecule has 1 saturated heterocycles. The Balaban J connectivity index is 1.63. The van der Waals surface area contributed by atoms with Crippen LogP contribution >= 0.6 is 0 Å². The molecule has 0 aliphatic carbocycles. The van der Waals surface area contributed by atoms with Gasteiger partial charge in [0.15, 0.2) is 0 Å². The fourth-order valence-electron chi connectivity index (χ4n) is 2.55. The number of ether oxygens (including phenoxy) is 1. The van der Waals surface area contributed by atoms with Gasteiger partial charge in [0.05, 0.1) is 18.8 Å². The Morgan fingerprint density at radius 1 is 1.32 bits per heavy atom. The average Bonchev–Trinajstić information content (AvgIpc) is 3.06. The highest BCUT2D eigenvalue weighted by Gasteiger charge is 2.25. The Morgan fingerprint density at radius 2 is 2.05 bits per heavy atom. The smallest absolute Gasteiger partial charge is 0.409 e. The molecule has 0 N–H and O–H groups in total. The first-order valence-corrected chi connectivity index (χ1v) is 7.37. The van der Waals surface area contributed by atoms with Crippen LogP contribution in [0, 0.1) is 0 Å². The van der Waals surface area contributed by atoms with Gasteiger partial charge in [0.25, 0.3) is 0 Å². The zero-order valence-corrected chi connectivity index (χ0v) is 12.4. The zero-order valence-electron chi connectivity index (χ0n) is 12.4. The molecule has 8 nitrogen and oxygen atoms in total. The van der Waals surface area contributed by atoms with Crippen LogP contribution < -0.4 is 0 Å². The van der Waals surface area contributed by atoms with Crippen LogP contribution in [0.3, 0.4) is 0 Å². The molecule has 0 aromatic carbocycles. The van der Waals surface area contributed by atoms with E-state index >= 15 is 0 Å². The second-order valence-corrected chi connectivity index (χ2v) is 5.13. The first kappa shape index (κ1) is 14.4. The summed E-state index contributed by atoms with van der Waals surface area (Å²) in [6.45, 7) is 3.57. The minimum absolute atomic E-state index is 0.235. The van der Waals surface area contributed by atoms with Crippen molar-refractivity contribution in [2.24, 2.45) is 0 Å². The molecule has 0 bridgehead atoms. The quantitative estimate of drug-likeness (QED) is 0.854. The van der Waals surface area contributed by atoms with E-state index in [1.807, 2.05) is 17.8 Å². The highest BCUT2D eigenvalue weighted by atomic mass is 16.6. The minimum atomic E-state index is -0.235. The van der Waals surface area contributed by atoms with Crippen molar-refractivity contribution in [1.29, 1.82) is 0 Å². The predicted octanol–water partition coefficient (Wildman–Crippen LogP) is 1.53. The van der Waals surface area contributed by atoms with Crippen molar-refractivity contribution in [2.45, 2.75) is 25.8 Å². The maximum Gasteiger partial charge on any atom is 0.409 e. The first-order valence-electron chi connectivity index (χ1n) is 7.37. The minimum Gasteiger partial charge on any atom is -0.450 e. The summed E-state index contributed by atoms with van der Waals surface area (Å²) < 4.78 is 6.89. The van der Waals surface area contributed by atoms with Crippen LogP contribution in [-0.2, 0) is 4.74 Å². The third-order valence-electron chi connectivity index (χ3n) is 3.73.